The first-order valence-electron chi connectivity index (χ1n) is 3.30. The Labute approximate surface area is 144 Å². The minimum absolute atomic E-state index is 0. The van der Waals surface area contributed by atoms with E-state index in [0.717, 1.165) is 0 Å². The summed E-state index contributed by atoms with van der Waals surface area (Å²) in [5.41, 5.74) is 0. The normalized spacial score (nSPS) is 5.89. The van der Waals surface area contributed by atoms with Crippen molar-refractivity contribution in [2.24, 2.45) is 0 Å². The van der Waals surface area contributed by atoms with Crippen molar-refractivity contribution in [3.05, 3.63) is 0 Å². The van der Waals surface area contributed by atoms with Crippen LogP contribution in [0.5, 0.6) is 0 Å². The Morgan fingerprint density at radius 3 is 0.421 bits per heavy atom. The van der Waals surface area contributed by atoms with E-state index in [0.29, 0.717) is 23.0 Å². The molecule has 0 aromatic heterocycles. The molecule has 19 heteroatoms. The van der Waals surface area contributed by atoms with Gasteiger partial charge in [0.2, 0.25) is 0 Å². The van der Waals surface area contributed by atoms with Crippen LogP contribution >= 0.6 is 0 Å². The molecule has 19 heavy (non-hydrogen) atoms. The van der Waals surface area contributed by atoms with E-state index in [2.05, 4.69) is 0 Å². The van der Waals surface area contributed by atoms with Crippen molar-refractivity contribution < 1.29 is 63.3 Å². The Bertz CT molecular complexity index is 77.8. The zero-order chi connectivity index (χ0) is 16.3. The molecule has 0 saturated carbocycles. The zero-order valence-corrected chi connectivity index (χ0v) is 11.4. The Hall–Kier alpha value is 1.40. The van der Waals surface area contributed by atoms with Crippen LogP contribution in [0.15, 0.2) is 0 Å². The van der Waals surface area contributed by atoms with E-state index >= 15 is 0 Å². The molecule has 0 aliphatic heterocycles. The Kier molecular flexibility index (Phi) is 71.3. The molecule has 0 unspecified atom stereocenters. The van der Waals surface area contributed by atoms with Crippen LogP contribution in [-0.4, -0.2) is 142 Å². The summed E-state index contributed by atoms with van der Waals surface area (Å²) < 4.78 is 8.34. The van der Waals surface area contributed by atoms with Crippen LogP contribution in [-0.2, 0) is 3.02 Å². The second-order valence-corrected chi connectivity index (χ2v) is 1.39. The molecule has 0 amide bonds. The maximum atomic E-state index is 8.34. The predicted molar refractivity (Wildman–Crippen MR) is 64.6 cm³/mol. The van der Waals surface area contributed by atoms with E-state index in [4.69, 9.17) is 63.3 Å². The third-order valence-corrected chi connectivity index (χ3v) is 0. The van der Waals surface area contributed by atoms with Gasteiger partial charge in [-0.05, 0) is 0 Å². The molecule has 12 N–H and O–H groups in total. The molecule has 0 aromatic rings. The molecule has 0 atom stereocenters. The number of hydrogen-bond acceptors (Lipinski definition) is 13. The third kappa shape index (κ3) is 3000. The van der Waals surface area contributed by atoms with Gasteiger partial charge in [0.15, 0.2) is 0 Å². The Morgan fingerprint density at radius 1 is 0.421 bits per heavy atom. The van der Waals surface area contributed by atoms with Crippen molar-refractivity contribution >= 4 is 81.9 Å². The first kappa shape index (κ1) is 37.0. The average Bonchev–Trinajstić information content (AvgIpc) is 2.01. The standard InChI is InChI=1S/4BH3O3.Na.O.Sb.2H/c4*2-1(3)4;;;;;/h4*2-4H;;;;;. The van der Waals surface area contributed by atoms with Crippen LogP contribution in [0.25, 0.3) is 0 Å². The van der Waals surface area contributed by atoms with Gasteiger partial charge < -0.3 is 60.3 Å². The van der Waals surface area contributed by atoms with Gasteiger partial charge in [-0.3, -0.25) is 0 Å². The van der Waals surface area contributed by atoms with E-state index in [9.17, 15) is 0 Å². The first-order valence-corrected chi connectivity index (χ1v) is 4.47. The fourth-order valence-corrected chi connectivity index (χ4v) is 0. The number of hydrogen-bond donors (Lipinski definition) is 12. The molecule has 110 valence electrons. The second kappa shape index (κ2) is 36.6. The van der Waals surface area contributed by atoms with Gasteiger partial charge in [0.25, 0.3) is 0 Å². The van der Waals surface area contributed by atoms with Gasteiger partial charge in [0.05, 0.1) is 0 Å². The van der Waals surface area contributed by atoms with E-state index in [-0.39, 0.29) is 29.6 Å². The summed E-state index contributed by atoms with van der Waals surface area (Å²) in [6, 6.07) is 0. The summed E-state index contributed by atoms with van der Waals surface area (Å²) in [6.45, 7) is 0. The maximum absolute atomic E-state index is 8.34. The minimum atomic E-state index is -2.17. The predicted octanol–water partition coefficient (Wildman–Crippen LogP) is -9.62. The monoisotopic (exact) mass is 410 g/mol. The topological polar surface area (TPSA) is 260 Å². The van der Waals surface area contributed by atoms with Crippen LogP contribution in [0.1, 0.15) is 0 Å². The molecule has 0 bridgehead atoms. The van der Waals surface area contributed by atoms with Gasteiger partial charge in [-0.1, -0.05) is 0 Å². The Balaban J connectivity index is -0.0000000279. The van der Waals surface area contributed by atoms with Gasteiger partial charge in [-0.2, -0.15) is 0 Å². The van der Waals surface area contributed by atoms with Gasteiger partial charge >= 0.3 is 84.9 Å². The van der Waals surface area contributed by atoms with Gasteiger partial charge in [-0.25, -0.2) is 0 Å². The van der Waals surface area contributed by atoms with Crippen molar-refractivity contribution in [2.75, 3.05) is 0 Å². The summed E-state index contributed by atoms with van der Waals surface area (Å²) in [6.07, 6.45) is 0. The molecule has 0 aliphatic rings. The Morgan fingerprint density at radius 2 is 0.421 bits per heavy atom. The molecule has 0 aliphatic carbocycles. The third-order valence-electron chi connectivity index (χ3n) is 0. The van der Waals surface area contributed by atoms with Crippen LogP contribution < -0.4 is 0 Å². The molecule has 13 nitrogen and oxygen atoms in total. The molecule has 0 saturated heterocycles. The molecule has 0 radical (unpaired) electrons. The van der Waals surface area contributed by atoms with Crippen LogP contribution in [0.3, 0.4) is 0 Å². The molecular formula is H14B4NaO13Sb. The first-order chi connectivity index (χ1) is 7.93. The van der Waals surface area contributed by atoms with Crippen molar-refractivity contribution in [3.8, 4) is 0 Å². The van der Waals surface area contributed by atoms with Crippen molar-refractivity contribution in [1.29, 1.82) is 0 Å². The van der Waals surface area contributed by atoms with E-state index in [1.54, 1.807) is 0 Å². The van der Waals surface area contributed by atoms with Crippen LogP contribution in [0.2, 0.25) is 0 Å². The van der Waals surface area contributed by atoms with Crippen LogP contribution in [0.4, 0.5) is 0 Å². The van der Waals surface area contributed by atoms with Gasteiger partial charge in [0.1, 0.15) is 0 Å². The molecule has 0 heterocycles. The fourth-order valence-electron chi connectivity index (χ4n) is 0. The summed E-state index contributed by atoms with van der Waals surface area (Å²) in [5.74, 6) is 0. The SMILES string of the molecule is OB(O)O.OB(O)O.OB(O)O.OB(O)O.[NaH].[O]=[SbH]. The summed E-state index contributed by atoms with van der Waals surface area (Å²) >= 11 is 0.300. The summed E-state index contributed by atoms with van der Waals surface area (Å²) in [7, 11) is -8.67. The van der Waals surface area contributed by atoms with E-state index < -0.39 is 29.3 Å². The zero-order valence-electron chi connectivity index (χ0n) is 8.58. The summed E-state index contributed by atoms with van der Waals surface area (Å²) in [5, 5.41) is 86.0. The van der Waals surface area contributed by atoms with Gasteiger partial charge in [-0.15, -0.1) is 0 Å². The van der Waals surface area contributed by atoms with E-state index in [1.807, 2.05) is 0 Å². The van der Waals surface area contributed by atoms with Gasteiger partial charge in [0, 0.05) is 0 Å². The van der Waals surface area contributed by atoms with Crippen LogP contribution in [0, 0.1) is 0 Å². The quantitative estimate of drug-likeness (QED) is 0.166. The van der Waals surface area contributed by atoms with Crippen molar-refractivity contribution in [3.63, 3.8) is 0 Å². The fraction of sp³-hybridized carbons (Fsp3) is 0. The number of rotatable bonds is 0. The summed E-state index contributed by atoms with van der Waals surface area (Å²) in [4.78, 5) is 0. The molecular weight excluding hydrogens is 396 g/mol. The van der Waals surface area contributed by atoms with E-state index in [1.165, 1.54) is 0 Å². The average molecular weight is 410 g/mol. The van der Waals surface area contributed by atoms with Crippen molar-refractivity contribution in [2.45, 2.75) is 0 Å². The molecule has 0 aromatic carbocycles. The molecule has 0 rings (SSSR count). The van der Waals surface area contributed by atoms with Crippen molar-refractivity contribution in [1.82, 2.24) is 0 Å². The molecule has 0 fully saturated rings. The molecule has 0 spiro atoms. The second-order valence-electron chi connectivity index (χ2n) is 1.39.